The number of esters is 1. The summed E-state index contributed by atoms with van der Waals surface area (Å²) in [6, 6.07) is 5.55. The maximum atomic E-state index is 11.7. The molecule has 1 aromatic carbocycles. The number of carbonyl (C=O) groups excluding carboxylic acids is 2. The van der Waals surface area contributed by atoms with E-state index in [-0.39, 0.29) is 18.1 Å². The summed E-state index contributed by atoms with van der Waals surface area (Å²) >= 11 is 0. The van der Waals surface area contributed by atoms with E-state index in [1.807, 2.05) is 0 Å². The number of nitrogens with one attached hydrogen (secondary N) is 1. The van der Waals surface area contributed by atoms with Crippen LogP contribution in [0.1, 0.15) is 27.7 Å². The average molecular weight is 295 g/mol. The van der Waals surface area contributed by atoms with Crippen LogP contribution < -0.4 is 10.1 Å². The Morgan fingerprint density at radius 1 is 1.29 bits per heavy atom. The van der Waals surface area contributed by atoms with Crippen molar-refractivity contribution >= 4 is 11.9 Å². The second-order valence-electron chi connectivity index (χ2n) is 5.58. The van der Waals surface area contributed by atoms with Gasteiger partial charge in [-0.05, 0) is 39.8 Å². The normalized spacial score (nSPS) is 12.4. The molecule has 0 saturated heterocycles. The number of benzene rings is 1. The fraction of sp³-hybridized carbons (Fsp3) is 0.467. The Hall–Kier alpha value is -2.24. The first kappa shape index (κ1) is 16.8. The highest BCUT2D eigenvalue weighted by molar-refractivity contribution is 5.85. The van der Waals surface area contributed by atoms with Crippen molar-refractivity contribution in [2.75, 3.05) is 6.61 Å². The Balaban J connectivity index is 2.43. The summed E-state index contributed by atoms with van der Waals surface area (Å²) in [6.45, 7) is 6.48. The number of carbonyl (C=O) groups is 2. The van der Waals surface area contributed by atoms with Crippen molar-refractivity contribution < 1.29 is 24.2 Å². The maximum absolute atomic E-state index is 11.7. The Labute approximate surface area is 124 Å². The molecule has 0 heterocycles. The van der Waals surface area contributed by atoms with Gasteiger partial charge in [-0.25, -0.2) is 4.79 Å². The lowest BCUT2D eigenvalue weighted by atomic mass is 10.2. The second kappa shape index (κ2) is 6.97. The molecule has 0 fully saturated rings. The van der Waals surface area contributed by atoms with Crippen molar-refractivity contribution in [1.29, 1.82) is 0 Å². The van der Waals surface area contributed by atoms with E-state index in [1.54, 1.807) is 39.0 Å². The van der Waals surface area contributed by atoms with E-state index in [1.165, 1.54) is 13.0 Å². The van der Waals surface area contributed by atoms with Crippen LogP contribution >= 0.6 is 0 Å². The van der Waals surface area contributed by atoms with Gasteiger partial charge in [0, 0.05) is 0 Å². The molecule has 21 heavy (non-hydrogen) atoms. The molecule has 1 rings (SSSR count). The van der Waals surface area contributed by atoms with E-state index in [9.17, 15) is 14.7 Å². The Kier molecular flexibility index (Phi) is 5.58. The number of amides is 1. The topological polar surface area (TPSA) is 84.9 Å². The van der Waals surface area contributed by atoms with Crippen LogP contribution in [0.5, 0.6) is 11.5 Å². The quantitative estimate of drug-likeness (QED) is 0.806. The van der Waals surface area contributed by atoms with Crippen molar-refractivity contribution in [3.05, 3.63) is 24.3 Å². The first-order chi connectivity index (χ1) is 9.69. The molecule has 0 unspecified atom stereocenters. The zero-order valence-electron chi connectivity index (χ0n) is 12.7. The number of phenolic OH excluding ortho intramolecular Hbond substituents is 1. The number of aromatic hydroxyl groups is 1. The number of ether oxygens (including phenoxy) is 2. The fourth-order valence-corrected chi connectivity index (χ4v) is 1.45. The van der Waals surface area contributed by atoms with Crippen molar-refractivity contribution in [2.24, 2.45) is 0 Å². The molecule has 0 radical (unpaired) electrons. The second-order valence-corrected chi connectivity index (χ2v) is 5.58. The number of hydrogen-bond acceptors (Lipinski definition) is 5. The number of rotatable bonds is 5. The predicted molar refractivity (Wildman–Crippen MR) is 77.1 cm³/mol. The molecule has 116 valence electrons. The van der Waals surface area contributed by atoms with Gasteiger partial charge in [-0.3, -0.25) is 4.79 Å². The highest BCUT2D eigenvalue weighted by Crippen LogP contribution is 2.23. The summed E-state index contributed by atoms with van der Waals surface area (Å²) in [7, 11) is 0. The third kappa shape index (κ3) is 6.16. The molecule has 1 aromatic rings. The zero-order chi connectivity index (χ0) is 16.0. The molecule has 0 aliphatic rings. The SMILES string of the molecule is C[C@@H](NC(=O)COc1ccccc1O)C(=O)OC(C)(C)C. The Morgan fingerprint density at radius 3 is 2.48 bits per heavy atom. The lowest BCUT2D eigenvalue weighted by Gasteiger charge is -2.22. The molecule has 2 N–H and O–H groups in total. The van der Waals surface area contributed by atoms with Crippen molar-refractivity contribution in [3.8, 4) is 11.5 Å². The average Bonchev–Trinajstić information content (AvgIpc) is 2.35. The third-order valence-electron chi connectivity index (χ3n) is 2.36. The van der Waals surface area contributed by atoms with Gasteiger partial charge < -0.3 is 19.9 Å². The van der Waals surface area contributed by atoms with Crippen molar-refractivity contribution in [2.45, 2.75) is 39.3 Å². The minimum absolute atomic E-state index is 0.0505. The van der Waals surface area contributed by atoms with Crippen molar-refractivity contribution in [3.63, 3.8) is 0 Å². The van der Waals surface area contributed by atoms with Crippen LogP contribution in [-0.2, 0) is 14.3 Å². The van der Waals surface area contributed by atoms with E-state index >= 15 is 0 Å². The minimum atomic E-state index is -0.773. The molecule has 6 nitrogen and oxygen atoms in total. The van der Waals surface area contributed by atoms with Gasteiger partial charge in [0.15, 0.2) is 18.1 Å². The first-order valence-electron chi connectivity index (χ1n) is 6.62. The third-order valence-corrected chi connectivity index (χ3v) is 2.36. The van der Waals surface area contributed by atoms with Crippen molar-refractivity contribution in [1.82, 2.24) is 5.32 Å². The molecule has 6 heteroatoms. The van der Waals surface area contributed by atoms with Gasteiger partial charge in [0.25, 0.3) is 5.91 Å². The van der Waals surface area contributed by atoms with Crippen LogP contribution in [-0.4, -0.2) is 35.2 Å². The summed E-state index contributed by atoms with van der Waals surface area (Å²) in [4.78, 5) is 23.4. The molecular formula is C15H21NO5. The predicted octanol–water partition coefficient (Wildman–Crippen LogP) is 1.62. The largest absolute Gasteiger partial charge is 0.504 e. The summed E-state index contributed by atoms with van der Waals surface area (Å²) in [6.07, 6.45) is 0. The highest BCUT2D eigenvalue weighted by Gasteiger charge is 2.23. The summed E-state index contributed by atoms with van der Waals surface area (Å²) in [5.74, 6) is -0.835. The number of phenols is 1. The summed E-state index contributed by atoms with van der Waals surface area (Å²) in [5.41, 5.74) is -0.609. The van der Waals surface area contributed by atoms with E-state index < -0.39 is 23.5 Å². The van der Waals surface area contributed by atoms with Gasteiger partial charge in [0.05, 0.1) is 0 Å². The molecule has 0 aromatic heterocycles. The molecular weight excluding hydrogens is 274 g/mol. The van der Waals surface area contributed by atoms with Crippen LogP contribution in [0.3, 0.4) is 0 Å². The van der Waals surface area contributed by atoms with E-state index in [0.29, 0.717) is 0 Å². The van der Waals surface area contributed by atoms with Gasteiger partial charge in [0.2, 0.25) is 0 Å². The van der Waals surface area contributed by atoms with Gasteiger partial charge in [-0.2, -0.15) is 0 Å². The number of hydrogen-bond donors (Lipinski definition) is 2. The monoisotopic (exact) mass is 295 g/mol. The Bertz CT molecular complexity index is 507. The van der Waals surface area contributed by atoms with Gasteiger partial charge in [-0.15, -0.1) is 0 Å². The standard InChI is InChI=1S/C15H21NO5/c1-10(14(19)21-15(2,3)4)16-13(18)9-20-12-8-6-5-7-11(12)17/h5-8,10,17H,9H2,1-4H3,(H,16,18)/t10-/m1/s1. The van der Waals surface area contributed by atoms with Crippen LogP contribution in [0.25, 0.3) is 0 Å². The first-order valence-corrected chi connectivity index (χ1v) is 6.62. The molecule has 0 saturated carbocycles. The lowest BCUT2D eigenvalue weighted by molar-refractivity contribution is -0.158. The van der Waals surface area contributed by atoms with E-state index in [0.717, 1.165) is 0 Å². The Morgan fingerprint density at radius 2 is 1.90 bits per heavy atom. The molecule has 0 aliphatic heterocycles. The van der Waals surface area contributed by atoms with Crippen LogP contribution in [0.15, 0.2) is 24.3 Å². The number of para-hydroxylation sites is 2. The summed E-state index contributed by atoms with van der Waals surface area (Å²) in [5, 5.41) is 12.0. The van der Waals surface area contributed by atoms with Crippen LogP contribution in [0.2, 0.25) is 0 Å². The minimum Gasteiger partial charge on any atom is -0.504 e. The van der Waals surface area contributed by atoms with Gasteiger partial charge >= 0.3 is 5.97 Å². The van der Waals surface area contributed by atoms with E-state index in [4.69, 9.17) is 9.47 Å². The van der Waals surface area contributed by atoms with Gasteiger partial charge in [0.1, 0.15) is 11.6 Å². The maximum Gasteiger partial charge on any atom is 0.328 e. The molecule has 1 amide bonds. The smallest absolute Gasteiger partial charge is 0.328 e. The summed E-state index contributed by atoms with van der Waals surface area (Å²) < 4.78 is 10.3. The highest BCUT2D eigenvalue weighted by atomic mass is 16.6. The molecule has 0 spiro atoms. The fourth-order valence-electron chi connectivity index (χ4n) is 1.45. The molecule has 0 aliphatic carbocycles. The van der Waals surface area contributed by atoms with Gasteiger partial charge in [-0.1, -0.05) is 12.1 Å². The van der Waals surface area contributed by atoms with Crippen LogP contribution in [0.4, 0.5) is 0 Å². The zero-order valence-corrected chi connectivity index (χ0v) is 12.7. The molecule has 1 atom stereocenters. The lowest BCUT2D eigenvalue weighted by Crippen LogP contribution is -2.43. The van der Waals surface area contributed by atoms with Crippen LogP contribution in [0, 0.1) is 0 Å². The van der Waals surface area contributed by atoms with E-state index in [2.05, 4.69) is 5.32 Å². The molecule has 0 bridgehead atoms.